The van der Waals surface area contributed by atoms with Crippen LogP contribution in [0, 0.1) is 6.92 Å². The lowest BCUT2D eigenvalue weighted by molar-refractivity contribution is 0.478. The van der Waals surface area contributed by atoms with Crippen LogP contribution in [0.1, 0.15) is 22.9 Å². The normalized spacial score (nSPS) is 12.7. The van der Waals surface area contributed by atoms with Crippen LogP contribution < -0.4 is 17.0 Å². The van der Waals surface area contributed by atoms with Crippen molar-refractivity contribution in [1.82, 2.24) is 5.43 Å². The minimum Gasteiger partial charge on any atom is -0.459 e. The predicted molar refractivity (Wildman–Crippen MR) is 81.0 cm³/mol. The molecule has 3 aromatic rings. The molecule has 5 N–H and O–H groups in total. The highest BCUT2D eigenvalue weighted by atomic mass is 16.3. The number of nitrogens with two attached hydrogens (primary N) is 2. The SMILES string of the molecule is Cc1ccc2oc(C(NN)c3ccccc3N)cc2c1. The van der Waals surface area contributed by atoms with Gasteiger partial charge in [0.05, 0.1) is 0 Å². The van der Waals surface area contributed by atoms with Crippen LogP contribution in [-0.4, -0.2) is 0 Å². The Morgan fingerprint density at radius 1 is 1.10 bits per heavy atom. The summed E-state index contributed by atoms with van der Waals surface area (Å²) in [5, 5.41) is 1.06. The van der Waals surface area contributed by atoms with Crippen molar-refractivity contribution < 1.29 is 4.42 Å². The summed E-state index contributed by atoms with van der Waals surface area (Å²) in [6, 6.07) is 15.4. The van der Waals surface area contributed by atoms with E-state index in [4.69, 9.17) is 16.0 Å². The van der Waals surface area contributed by atoms with E-state index in [1.807, 2.05) is 42.5 Å². The maximum atomic E-state index is 6.02. The molecular formula is C16H17N3O. The topological polar surface area (TPSA) is 77.2 Å². The fourth-order valence-electron chi connectivity index (χ4n) is 2.42. The van der Waals surface area contributed by atoms with E-state index >= 15 is 0 Å². The molecule has 0 radical (unpaired) electrons. The number of hydrogen-bond donors (Lipinski definition) is 3. The number of hydrazine groups is 1. The number of benzene rings is 2. The van der Waals surface area contributed by atoms with E-state index in [1.54, 1.807) is 0 Å². The molecule has 4 nitrogen and oxygen atoms in total. The number of rotatable bonds is 3. The second-order valence-corrected chi connectivity index (χ2v) is 4.92. The first-order chi connectivity index (χ1) is 9.69. The zero-order valence-corrected chi connectivity index (χ0v) is 11.3. The summed E-state index contributed by atoms with van der Waals surface area (Å²) >= 11 is 0. The fourth-order valence-corrected chi connectivity index (χ4v) is 2.42. The number of nitrogen functional groups attached to an aromatic ring is 1. The van der Waals surface area contributed by atoms with E-state index in [-0.39, 0.29) is 6.04 Å². The van der Waals surface area contributed by atoms with E-state index in [9.17, 15) is 0 Å². The van der Waals surface area contributed by atoms with E-state index in [1.165, 1.54) is 5.56 Å². The third-order valence-electron chi connectivity index (χ3n) is 3.45. The molecular weight excluding hydrogens is 250 g/mol. The van der Waals surface area contributed by atoms with Crippen molar-refractivity contribution in [2.45, 2.75) is 13.0 Å². The highest BCUT2D eigenvalue weighted by Crippen LogP contribution is 2.30. The van der Waals surface area contributed by atoms with Gasteiger partial charge in [0.25, 0.3) is 0 Å². The van der Waals surface area contributed by atoms with Crippen molar-refractivity contribution >= 4 is 16.7 Å². The van der Waals surface area contributed by atoms with Crippen molar-refractivity contribution in [3.63, 3.8) is 0 Å². The number of nitrogens with one attached hydrogen (secondary N) is 1. The zero-order valence-electron chi connectivity index (χ0n) is 11.3. The Balaban J connectivity index is 2.10. The Bertz CT molecular complexity index is 748. The number of anilines is 1. The standard InChI is InChI=1S/C16H17N3O/c1-10-6-7-14-11(8-10)9-15(20-14)16(19-18)12-4-2-3-5-13(12)17/h2-9,16,19H,17-18H2,1H3. The highest BCUT2D eigenvalue weighted by Gasteiger charge is 2.19. The molecule has 1 unspecified atom stereocenters. The number of aryl methyl sites for hydroxylation is 1. The van der Waals surface area contributed by atoms with Gasteiger partial charge in [0.2, 0.25) is 0 Å². The summed E-state index contributed by atoms with van der Waals surface area (Å²) < 4.78 is 5.89. The molecule has 0 aliphatic rings. The van der Waals surface area contributed by atoms with Gasteiger partial charge in [-0.2, -0.15) is 0 Å². The molecule has 3 rings (SSSR count). The summed E-state index contributed by atoms with van der Waals surface area (Å²) in [4.78, 5) is 0. The number of hydrogen-bond acceptors (Lipinski definition) is 4. The second kappa shape index (κ2) is 5.00. The maximum absolute atomic E-state index is 6.02. The molecule has 4 heteroatoms. The molecule has 20 heavy (non-hydrogen) atoms. The van der Waals surface area contributed by atoms with E-state index in [2.05, 4.69) is 18.4 Å². The maximum Gasteiger partial charge on any atom is 0.134 e. The summed E-state index contributed by atoms with van der Waals surface area (Å²) in [6.45, 7) is 2.06. The van der Waals surface area contributed by atoms with Gasteiger partial charge in [-0.3, -0.25) is 5.84 Å². The van der Waals surface area contributed by atoms with Gasteiger partial charge in [-0.1, -0.05) is 29.8 Å². The van der Waals surface area contributed by atoms with Gasteiger partial charge in [0.1, 0.15) is 17.4 Å². The van der Waals surface area contributed by atoms with Gasteiger partial charge in [0, 0.05) is 16.6 Å². The highest BCUT2D eigenvalue weighted by molar-refractivity contribution is 5.79. The van der Waals surface area contributed by atoms with Crippen molar-refractivity contribution in [1.29, 1.82) is 0 Å². The molecule has 0 saturated carbocycles. The largest absolute Gasteiger partial charge is 0.459 e. The van der Waals surface area contributed by atoms with Gasteiger partial charge in [-0.25, -0.2) is 5.43 Å². The number of para-hydroxylation sites is 1. The first-order valence-corrected chi connectivity index (χ1v) is 6.49. The zero-order chi connectivity index (χ0) is 14.1. The molecule has 0 spiro atoms. The van der Waals surface area contributed by atoms with Crippen LogP contribution in [0.3, 0.4) is 0 Å². The quantitative estimate of drug-likeness (QED) is 0.387. The van der Waals surface area contributed by atoms with E-state index in [0.717, 1.165) is 22.3 Å². The number of furan rings is 1. The fraction of sp³-hybridized carbons (Fsp3) is 0.125. The monoisotopic (exact) mass is 267 g/mol. The molecule has 0 saturated heterocycles. The molecule has 2 aromatic carbocycles. The van der Waals surface area contributed by atoms with Crippen LogP contribution in [-0.2, 0) is 0 Å². The minimum atomic E-state index is -0.260. The average molecular weight is 267 g/mol. The Labute approximate surface area is 117 Å². The third kappa shape index (κ3) is 2.15. The molecule has 1 aromatic heterocycles. The van der Waals surface area contributed by atoms with Crippen LogP contribution >= 0.6 is 0 Å². The van der Waals surface area contributed by atoms with Gasteiger partial charge < -0.3 is 10.2 Å². The average Bonchev–Trinajstić information content (AvgIpc) is 2.84. The molecule has 0 aliphatic heterocycles. The van der Waals surface area contributed by atoms with Gasteiger partial charge in [0.15, 0.2) is 0 Å². The lowest BCUT2D eigenvalue weighted by atomic mass is 10.0. The summed E-state index contributed by atoms with van der Waals surface area (Å²) in [7, 11) is 0. The van der Waals surface area contributed by atoms with Crippen molar-refractivity contribution in [2.75, 3.05) is 5.73 Å². The number of fused-ring (bicyclic) bond motifs is 1. The molecule has 0 fully saturated rings. The molecule has 1 heterocycles. The van der Waals surface area contributed by atoms with Crippen LogP contribution in [0.25, 0.3) is 11.0 Å². The van der Waals surface area contributed by atoms with Crippen LogP contribution in [0.15, 0.2) is 52.9 Å². The van der Waals surface area contributed by atoms with Crippen molar-refractivity contribution in [3.05, 3.63) is 65.4 Å². The molecule has 0 aliphatic carbocycles. The summed E-state index contributed by atoms with van der Waals surface area (Å²) in [6.07, 6.45) is 0. The molecule has 0 amide bonds. The molecule has 102 valence electrons. The van der Waals surface area contributed by atoms with Crippen molar-refractivity contribution in [3.8, 4) is 0 Å². The van der Waals surface area contributed by atoms with Crippen molar-refractivity contribution in [2.24, 2.45) is 5.84 Å². The lowest BCUT2D eigenvalue weighted by Crippen LogP contribution is -2.29. The Kier molecular flexibility index (Phi) is 3.18. The molecule has 1 atom stereocenters. The first-order valence-electron chi connectivity index (χ1n) is 6.49. The van der Waals surface area contributed by atoms with E-state index < -0.39 is 0 Å². The van der Waals surface area contributed by atoms with Crippen LogP contribution in [0.4, 0.5) is 5.69 Å². The van der Waals surface area contributed by atoms with Gasteiger partial charge in [-0.05, 0) is 31.2 Å². The first kappa shape index (κ1) is 12.7. The minimum absolute atomic E-state index is 0.260. The Hall–Kier alpha value is -2.30. The predicted octanol–water partition coefficient (Wildman–Crippen LogP) is 2.88. The third-order valence-corrected chi connectivity index (χ3v) is 3.45. The van der Waals surface area contributed by atoms with Gasteiger partial charge in [-0.15, -0.1) is 0 Å². The van der Waals surface area contributed by atoms with Gasteiger partial charge >= 0.3 is 0 Å². The van der Waals surface area contributed by atoms with Crippen LogP contribution in [0.5, 0.6) is 0 Å². The van der Waals surface area contributed by atoms with E-state index in [0.29, 0.717) is 5.69 Å². The smallest absolute Gasteiger partial charge is 0.134 e. The Morgan fingerprint density at radius 2 is 1.90 bits per heavy atom. The second-order valence-electron chi connectivity index (χ2n) is 4.92. The summed E-state index contributed by atoms with van der Waals surface area (Å²) in [5.74, 6) is 6.45. The lowest BCUT2D eigenvalue weighted by Gasteiger charge is -2.15. The molecule has 0 bridgehead atoms. The summed E-state index contributed by atoms with van der Waals surface area (Å²) in [5.41, 5.74) is 12.4. The Morgan fingerprint density at radius 3 is 2.65 bits per heavy atom. The van der Waals surface area contributed by atoms with Crippen LogP contribution in [0.2, 0.25) is 0 Å².